The van der Waals surface area contributed by atoms with Crippen molar-refractivity contribution in [1.29, 1.82) is 5.26 Å². The van der Waals surface area contributed by atoms with Crippen LogP contribution in [-0.4, -0.2) is 13.7 Å². The van der Waals surface area contributed by atoms with E-state index in [1.165, 1.54) is 0 Å². The van der Waals surface area contributed by atoms with Crippen LogP contribution in [0.4, 0.5) is 0 Å². The second-order valence-electron chi connectivity index (χ2n) is 3.80. The van der Waals surface area contributed by atoms with Crippen molar-refractivity contribution < 1.29 is 8.42 Å². The number of rotatable bonds is 4. The van der Waals surface area contributed by atoms with E-state index in [9.17, 15) is 8.42 Å². The summed E-state index contributed by atoms with van der Waals surface area (Å²) in [6.45, 7) is 3.54. The zero-order valence-corrected chi connectivity index (χ0v) is 10.3. The third kappa shape index (κ3) is 2.83. The molecule has 0 N–H and O–H groups in total. The first-order chi connectivity index (χ1) is 7.51. The van der Waals surface area contributed by atoms with Crippen molar-refractivity contribution in [1.82, 2.24) is 0 Å². The second kappa shape index (κ2) is 5.13. The summed E-state index contributed by atoms with van der Waals surface area (Å²) in [6.07, 6.45) is 0.594. The van der Waals surface area contributed by atoms with Crippen LogP contribution in [0.5, 0.6) is 0 Å². The van der Waals surface area contributed by atoms with Crippen molar-refractivity contribution in [2.45, 2.75) is 31.3 Å². The summed E-state index contributed by atoms with van der Waals surface area (Å²) in [5.41, 5.74) is 1.03. The van der Waals surface area contributed by atoms with Gasteiger partial charge in [-0.15, -0.1) is 0 Å². The smallest absolute Gasteiger partial charge is 0.157 e. The highest BCUT2D eigenvalue weighted by Gasteiger charge is 2.20. The number of hydrogen-bond donors (Lipinski definition) is 0. The van der Waals surface area contributed by atoms with Crippen LogP contribution < -0.4 is 0 Å². The summed E-state index contributed by atoms with van der Waals surface area (Å²) in [5, 5.41) is 8.50. The van der Waals surface area contributed by atoms with Gasteiger partial charge in [-0.1, -0.05) is 25.1 Å². The minimum Gasteiger partial charge on any atom is -0.228 e. The molecule has 0 saturated heterocycles. The maximum atomic E-state index is 11.9. The van der Waals surface area contributed by atoms with Gasteiger partial charge in [0.15, 0.2) is 9.84 Å². The molecule has 0 heterocycles. The van der Waals surface area contributed by atoms with Gasteiger partial charge in [-0.2, -0.15) is 5.26 Å². The SMILES string of the molecule is CCC(C)S(=O)(=O)Cc1ccccc1C#N. The molecule has 1 rings (SSSR count). The molecule has 0 aromatic heterocycles. The van der Waals surface area contributed by atoms with Crippen LogP contribution in [0.25, 0.3) is 0 Å². The number of hydrogen-bond acceptors (Lipinski definition) is 3. The fourth-order valence-corrected chi connectivity index (χ4v) is 2.85. The molecule has 4 heteroatoms. The highest BCUT2D eigenvalue weighted by atomic mass is 32.2. The third-order valence-corrected chi connectivity index (χ3v) is 4.96. The van der Waals surface area contributed by atoms with Crippen LogP contribution in [0, 0.1) is 11.3 Å². The molecule has 86 valence electrons. The Morgan fingerprint density at radius 2 is 2.00 bits per heavy atom. The lowest BCUT2D eigenvalue weighted by molar-refractivity contribution is 0.580. The highest BCUT2D eigenvalue weighted by molar-refractivity contribution is 7.91. The Kier molecular flexibility index (Phi) is 4.08. The highest BCUT2D eigenvalue weighted by Crippen LogP contribution is 2.16. The Morgan fingerprint density at radius 3 is 2.56 bits per heavy atom. The molecular weight excluding hydrogens is 222 g/mol. The van der Waals surface area contributed by atoms with Crippen molar-refractivity contribution in [3.8, 4) is 6.07 Å². The van der Waals surface area contributed by atoms with Gasteiger partial charge in [-0.3, -0.25) is 0 Å². The predicted molar refractivity (Wildman–Crippen MR) is 63.5 cm³/mol. The first-order valence-electron chi connectivity index (χ1n) is 5.20. The molecule has 1 atom stereocenters. The maximum absolute atomic E-state index is 11.9. The normalized spacial score (nSPS) is 13.1. The Hall–Kier alpha value is -1.34. The van der Waals surface area contributed by atoms with E-state index in [0.29, 0.717) is 17.5 Å². The van der Waals surface area contributed by atoms with Crippen LogP contribution >= 0.6 is 0 Å². The molecule has 0 amide bonds. The van der Waals surface area contributed by atoms with Crippen LogP contribution in [0.3, 0.4) is 0 Å². The van der Waals surface area contributed by atoms with Gasteiger partial charge < -0.3 is 0 Å². The summed E-state index contributed by atoms with van der Waals surface area (Å²) in [6, 6.07) is 8.83. The van der Waals surface area contributed by atoms with Gasteiger partial charge in [0.2, 0.25) is 0 Å². The number of benzene rings is 1. The van der Waals surface area contributed by atoms with Gasteiger partial charge in [0.25, 0.3) is 0 Å². The van der Waals surface area contributed by atoms with E-state index >= 15 is 0 Å². The van der Waals surface area contributed by atoms with Gasteiger partial charge in [0.1, 0.15) is 0 Å². The molecule has 3 nitrogen and oxygen atoms in total. The average molecular weight is 237 g/mol. The Morgan fingerprint density at radius 1 is 1.38 bits per heavy atom. The number of nitrogens with zero attached hydrogens (tertiary/aromatic N) is 1. The monoisotopic (exact) mass is 237 g/mol. The molecule has 1 unspecified atom stereocenters. The molecular formula is C12H15NO2S. The quantitative estimate of drug-likeness (QED) is 0.807. The zero-order valence-electron chi connectivity index (χ0n) is 9.47. The van der Waals surface area contributed by atoms with E-state index in [-0.39, 0.29) is 11.0 Å². The van der Waals surface area contributed by atoms with E-state index in [2.05, 4.69) is 0 Å². The summed E-state index contributed by atoms with van der Waals surface area (Å²) >= 11 is 0. The summed E-state index contributed by atoms with van der Waals surface area (Å²) in [4.78, 5) is 0. The standard InChI is InChI=1S/C12H15NO2S/c1-3-10(2)16(14,15)9-12-7-5-4-6-11(12)8-13/h4-7,10H,3,9H2,1-2H3. The zero-order chi connectivity index (χ0) is 12.2. The molecule has 1 aromatic carbocycles. The number of nitriles is 1. The van der Waals surface area contributed by atoms with Crippen LogP contribution in [0.1, 0.15) is 31.4 Å². The minimum absolute atomic E-state index is 0.0499. The molecule has 0 saturated carbocycles. The second-order valence-corrected chi connectivity index (χ2v) is 6.21. The molecule has 1 aromatic rings. The van der Waals surface area contributed by atoms with Crippen molar-refractivity contribution in [3.05, 3.63) is 35.4 Å². The van der Waals surface area contributed by atoms with Crippen molar-refractivity contribution in [2.24, 2.45) is 0 Å². The first-order valence-corrected chi connectivity index (χ1v) is 6.92. The molecule has 0 fully saturated rings. The Bertz CT molecular complexity index is 500. The predicted octanol–water partition coefficient (Wildman–Crippen LogP) is 2.27. The van der Waals surface area contributed by atoms with E-state index in [0.717, 1.165) is 0 Å². The van der Waals surface area contributed by atoms with Crippen molar-refractivity contribution in [2.75, 3.05) is 0 Å². The van der Waals surface area contributed by atoms with E-state index in [1.54, 1.807) is 31.2 Å². The minimum atomic E-state index is -3.15. The molecule has 0 bridgehead atoms. The largest absolute Gasteiger partial charge is 0.228 e. The van der Waals surface area contributed by atoms with Crippen LogP contribution in [-0.2, 0) is 15.6 Å². The van der Waals surface area contributed by atoms with Gasteiger partial charge in [-0.25, -0.2) is 8.42 Å². The van der Waals surface area contributed by atoms with Gasteiger partial charge in [0, 0.05) is 0 Å². The van der Waals surface area contributed by atoms with Gasteiger partial charge >= 0.3 is 0 Å². The number of sulfone groups is 1. The fraction of sp³-hybridized carbons (Fsp3) is 0.417. The molecule has 0 aliphatic rings. The van der Waals surface area contributed by atoms with Gasteiger partial charge in [-0.05, 0) is 25.0 Å². The van der Waals surface area contributed by atoms with E-state index < -0.39 is 9.84 Å². The Balaban J connectivity index is 3.02. The summed E-state index contributed by atoms with van der Waals surface area (Å²) < 4.78 is 23.8. The molecule has 0 spiro atoms. The van der Waals surface area contributed by atoms with Crippen molar-refractivity contribution >= 4 is 9.84 Å². The summed E-state index contributed by atoms with van der Waals surface area (Å²) in [5.74, 6) is -0.0499. The molecule has 16 heavy (non-hydrogen) atoms. The fourth-order valence-electron chi connectivity index (χ4n) is 1.37. The molecule has 0 aliphatic carbocycles. The van der Waals surface area contributed by atoms with E-state index in [4.69, 9.17) is 5.26 Å². The van der Waals surface area contributed by atoms with Crippen LogP contribution in [0.15, 0.2) is 24.3 Å². The first kappa shape index (κ1) is 12.7. The summed E-state index contributed by atoms with van der Waals surface area (Å²) in [7, 11) is -3.15. The van der Waals surface area contributed by atoms with Crippen molar-refractivity contribution in [3.63, 3.8) is 0 Å². The molecule has 0 radical (unpaired) electrons. The lowest BCUT2D eigenvalue weighted by Gasteiger charge is -2.11. The van der Waals surface area contributed by atoms with E-state index in [1.807, 2.05) is 13.0 Å². The third-order valence-electron chi connectivity index (χ3n) is 2.68. The lowest BCUT2D eigenvalue weighted by Crippen LogP contribution is -2.19. The molecule has 0 aliphatic heterocycles. The van der Waals surface area contributed by atoms with Gasteiger partial charge in [0.05, 0.1) is 22.6 Å². The maximum Gasteiger partial charge on any atom is 0.157 e. The average Bonchev–Trinajstić information content (AvgIpc) is 2.28. The van der Waals surface area contributed by atoms with Crippen LogP contribution in [0.2, 0.25) is 0 Å². The Labute approximate surface area is 96.6 Å². The topological polar surface area (TPSA) is 57.9 Å². The lowest BCUT2D eigenvalue weighted by atomic mass is 10.1.